The van der Waals surface area contributed by atoms with Gasteiger partial charge in [-0.2, -0.15) is 4.31 Å². The van der Waals surface area contributed by atoms with E-state index in [9.17, 15) is 13.2 Å². The Bertz CT molecular complexity index is 1000. The standard InChI is InChI=1S/C18H24ClN5O3S2/c1-22(29(26,27)17-9-8-14(19)28-17)12-16(25)23-11-5-6-13(23)18-21-20-15-7-3-2-4-10-24(15)18/h8-9,13H,2-7,10-12H2,1H3. The van der Waals surface area contributed by atoms with Gasteiger partial charge in [-0.15, -0.1) is 21.5 Å². The van der Waals surface area contributed by atoms with Crippen LogP contribution in [0.3, 0.4) is 0 Å². The van der Waals surface area contributed by atoms with Crippen LogP contribution in [-0.4, -0.2) is 58.4 Å². The second-order valence-corrected chi connectivity index (χ2v) is 11.5. The van der Waals surface area contributed by atoms with Gasteiger partial charge in [-0.3, -0.25) is 4.79 Å². The second-order valence-electron chi connectivity index (χ2n) is 7.50. The summed E-state index contributed by atoms with van der Waals surface area (Å²) in [5.41, 5.74) is 0. The molecule has 158 valence electrons. The van der Waals surface area contributed by atoms with Gasteiger partial charge in [0.15, 0.2) is 5.82 Å². The van der Waals surface area contributed by atoms with Crippen molar-refractivity contribution in [2.45, 2.75) is 55.3 Å². The van der Waals surface area contributed by atoms with E-state index in [4.69, 9.17) is 11.6 Å². The van der Waals surface area contributed by atoms with Crippen LogP contribution < -0.4 is 0 Å². The van der Waals surface area contributed by atoms with Gasteiger partial charge in [0.05, 0.1) is 16.9 Å². The number of likely N-dealkylation sites (N-methyl/N-ethyl adjacent to an activating group) is 1. The number of halogens is 1. The van der Waals surface area contributed by atoms with Crippen molar-refractivity contribution in [1.29, 1.82) is 0 Å². The number of aromatic nitrogens is 3. The molecule has 1 fully saturated rings. The Morgan fingerprint density at radius 1 is 1.24 bits per heavy atom. The zero-order chi connectivity index (χ0) is 20.6. The van der Waals surface area contributed by atoms with E-state index < -0.39 is 10.0 Å². The van der Waals surface area contributed by atoms with Crippen LogP contribution >= 0.6 is 22.9 Å². The van der Waals surface area contributed by atoms with Crippen molar-refractivity contribution >= 4 is 38.9 Å². The molecular formula is C18H24ClN5O3S2. The molecule has 1 amide bonds. The molecule has 0 N–H and O–H groups in total. The number of likely N-dealkylation sites (tertiary alicyclic amines) is 1. The highest BCUT2D eigenvalue weighted by molar-refractivity contribution is 7.91. The molecule has 2 aliphatic heterocycles. The number of aryl methyl sites for hydroxylation is 1. The van der Waals surface area contributed by atoms with Crippen LogP contribution in [0, 0.1) is 0 Å². The predicted octanol–water partition coefficient (Wildman–Crippen LogP) is 2.70. The Morgan fingerprint density at radius 2 is 2.07 bits per heavy atom. The Morgan fingerprint density at radius 3 is 2.83 bits per heavy atom. The first-order chi connectivity index (χ1) is 13.9. The monoisotopic (exact) mass is 457 g/mol. The maximum absolute atomic E-state index is 13.0. The molecule has 1 saturated heterocycles. The van der Waals surface area contributed by atoms with E-state index in [0.29, 0.717) is 10.9 Å². The fourth-order valence-corrected chi connectivity index (χ4v) is 6.86. The van der Waals surface area contributed by atoms with Crippen molar-refractivity contribution in [3.05, 3.63) is 28.1 Å². The molecule has 0 aliphatic carbocycles. The lowest BCUT2D eigenvalue weighted by atomic mass is 10.2. The predicted molar refractivity (Wildman–Crippen MR) is 110 cm³/mol. The maximum atomic E-state index is 13.0. The van der Waals surface area contributed by atoms with E-state index in [1.807, 2.05) is 0 Å². The molecule has 0 aromatic carbocycles. The van der Waals surface area contributed by atoms with Crippen LogP contribution in [0.4, 0.5) is 0 Å². The van der Waals surface area contributed by atoms with Crippen molar-refractivity contribution in [2.24, 2.45) is 0 Å². The first-order valence-corrected chi connectivity index (χ1v) is 12.4. The summed E-state index contributed by atoms with van der Waals surface area (Å²) in [5.74, 6) is 1.61. The summed E-state index contributed by atoms with van der Waals surface area (Å²) in [6, 6.07) is 2.87. The van der Waals surface area contributed by atoms with Crippen molar-refractivity contribution in [3.63, 3.8) is 0 Å². The van der Waals surface area contributed by atoms with Gasteiger partial charge in [0.1, 0.15) is 10.0 Å². The first-order valence-electron chi connectivity index (χ1n) is 9.81. The van der Waals surface area contributed by atoms with Crippen LogP contribution in [0.25, 0.3) is 0 Å². The minimum Gasteiger partial charge on any atom is -0.331 e. The van der Waals surface area contributed by atoms with Gasteiger partial charge in [0, 0.05) is 26.6 Å². The summed E-state index contributed by atoms with van der Waals surface area (Å²) >= 11 is 6.86. The normalized spacial score (nSPS) is 20.1. The van der Waals surface area contributed by atoms with Gasteiger partial charge in [-0.25, -0.2) is 8.42 Å². The van der Waals surface area contributed by atoms with Gasteiger partial charge in [-0.1, -0.05) is 18.0 Å². The van der Waals surface area contributed by atoms with E-state index in [0.717, 1.165) is 65.9 Å². The Labute approximate surface area is 179 Å². The van der Waals surface area contributed by atoms with Crippen LogP contribution in [0.2, 0.25) is 4.34 Å². The van der Waals surface area contributed by atoms with E-state index in [-0.39, 0.29) is 22.7 Å². The summed E-state index contributed by atoms with van der Waals surface area (Å²) in [7, 11) is -2.32. The SMILES string of the molecule is CN(CC(=O)N1CCCC1c1nnc2n1CCCCC2)S(=O)(=O)c1ccc(Cl)s1. The molecule has 2 aromatic heterocycles. The lowest BCUT2D eigenvalue weighted by Gasteiger charge is -2.26. The molecule has 8 nitrogen and oxygen atoms in total. The zero-order valence-electron chi connectivity index (χ0n) is 16.3. The first kappa shape index (κ1) is 20.8. The summed E-state index contributed by atoms with van der Waals surface area (Å²) < 4.78 is 29.2. The van der Waals surface area contributed by atoms with Crippen molar-refractivity contribution < 1.29 is 13.2 Å². The number of hydrogen-bond acceptors (Lipinski definition) is 6. The van der Waals surface area contributed by atoms with Crippen molar-refractivity contribution in [1.82, 2.24) is 24.0 Å². The number of sulfonamides is 1. The molecule has 4 rings (SSSR count). The molecule has 2 aliphatic rings. The van der Waals surface area contributed by atoms with Gasteiger partial charge in [0.2, 0.25) is 5.91 Å². The molecular weight excluding hydrogens is 434 g/mol. The summed E-state index contributed by atoms with van der Waals surface area (Å²) in [4.78, 5) is 14.8. The number of thiophene rings is 1. The highest BCUT2D eigenvalue weighted by Gasteiger charge is 2.36. The van der Waals surface area contributed by atoms with Crippen molar-refractivity contribution in [2.75, 3.05) is 20.1 Å². The van der Waals surface area contributed by atoms with Gasteiger partial charge < -0.3 is 9.47 Å². The topological polar surface area (TPSA) is 88.4 Å². The van der Waals surface area contributed by atoms with E-state index in [1.54, 1.807) is 11.0 Å². The Kier molecular flexibility index (Phi) is 5.97. The highest BCUT2D eigenvalue weighted by atomic mass is 35.5. The van der Waals surface area contributed by atoms with Gasteiger partial charge in [0.25, 0.3) is 10.0 Å². The fourth-order valence-electron chi connectivity index (χ4n) is 4.04. The molecule has 29 heavy (non-hydrogen) atoms. The third-order valence-electron chi connectivity index (χ3n) is 5.58. The number of amides is 1. The Hall–Kier alpha value is -1.49. The van der Waals surface area contributed by atoms with Crippen molar-refractivity contribution in [3.8, 4) is 0 Å². The molecule has 4 heterocycles. The number of carbonyl (C=O) groups excluding carboxylic acids is 1. The molecule has 2 aromatic rings. The third kappa shape index (κ3) is 4.08. The lowest BCUT2D eigenvalue weighted by Crippen LogP contribution is -2.41. The van der Waals surface area contributed by atoms with Crippen LogP contribution in [0.1, 0.15) is 49.8 Å². The van der Waals surface area contributed by atoms with E-state index >= 15 is 0 Å². The summed E-state index contributed by atoms with van der Waals surface area (Å²) in [6.07, 6.45) is 5.98. The molecule has 1 unspecified atom stereocenters. The minimum absolute atomic E-state index is 0.138. The number of carbonyl (C=O) groups is 1. The summed E-state index contributed by atoms with van der Waals surface area (Å²) in [5, 5.41) is 8.76. The molecule has 1 atom stereocenters. The third-order valence-corrected chi connectivity index (χ3v) is 9.08. The largest absolute Gasteiger partial charge is 0.331 e. The van der Waals surface area contributed by atoms with Crippen LogP contribution in [0.5, 0.6) is 0 Å². The van der Waals surface area contributed by atoms with Gasteiger partial charge >= 0.3 is 0 Å². The van der Waals surface area contributed by atoms with Gasteiger partial charge in [-0.05, 0) is 37.8 Å². The second kappa shape index (κ2) is 8.33. The van der Waals surface area contributed by atoms with E-state index in [2.05, 4.69) is 14.8 Å². The van der Waals surface area contributed by atoms with Crippen LogP contribution in [-0.2, 0) is 27.8 Å². The lowest BCUT2D eigenvalue weighted by molar-refractivity contribution is -0.132. The quantitative estimate of drug-likeness (QED) is 0.688. The zero-order valence-corrected chi connectivity index (χ0v) is 18.6. The highest BCUT2D eigenvalue weighted by Crippen LogP contribution is 2.33. The molecule has 11 heteroatoms. The van der Waals surface area contributed by atoms with E-state index in [1.165, 1.54) is 19.5 Å². The molecule has 0 radical (unpaired) electrons. The number of fused-ring (bicyclic) bond motifs is 1. The van der Waals surface area contributed by atoms with Crippen LogP contribution in [0.15, 0.2) is 16.3 Å². The number of rotatable bonds is 5. The molecule has 0 bridgehead atoms. The average Bonchev–Trinajstić information content (AvgIpc) is 3.38. The smallest absolute Gasteiger partial charge is 0.252 e. The minimum atomic E-state index is -3.75. The number of hydrogen-bond donors (Lipinski definition) is 0. The summed E-state index contributed by atoms with van der Waals surface area (Å²) in [6.45, 7) is 1.27. The molecule has 0 spiro atoms. The molecule has 0 saturated carbocycles. The Balaban J connectivity index is 1.51. The average molecular weight is 458 g/mol. The fraction of sp³-hybridized carbons (Fsp3) is 0.611. The maximum Gasteiger partial charge on any atom is 0.252 e. The number of nitrogens with zero attached hydrogens (tertiary/aromatic N) is 5.